The first-order valence-electron chi connectivity index (χ1n) is 8.59. The van der Waals surface area contributed by atoms with Gasteiger partial charge in [-0.05, 0) is 24.3 Å². The minimum absolute atomic E-state index is 0.0756. The van der Waals surface area contributed by atoms with Gasteiger partial charge in [0.1, 0.15) is 0 Å². The predicted molar refractivity (Wildman–Crippen MR) is 105 cm³/mol. The summed E-state index contributed by atoms with van der Waals surface area (Å²) in [5.41, 5.74) is 1.87. The van der Waals surface area contributed by atoms with Crippen LogP contribution in [0.5, 0.6) is 0 Å². The van der Waals surface area contributed by atoms with Crippen LogP contribution in [0.4, 0.5) is 17.1 Å². The fourth-order valence-corrected chi connectivity index (χ4v) is 3.33. The zero-order chi connectivity index (χ0) is 19.7. The third-order valence-corrected chi connectivity index (χ3v) is 4.77. The second kappa shape index (κ2) is 7.45. The molecule has 1 amide bonds. The van der Waals surface area contributed by atoms with Crippen molar-refractivity contribution in [1.29, 1.82) is 0 Å². The Hall–Kier alpha value is -3.17. The lowest BCUT2D eigenvalue weighted by Crippen LogP contribution is -2.36. The summed E-state index contributed by atoms with van der Waals surface area (Å²) in [6.07, 6.45) is 0. The fourth-order valence-electron chi connectivity index (χ4n) is 3.16. The van der Waals surface area contributed by atoms with Gasteiger partial charge in [0.2, 0.25) is 0 Å². The number of ether oxygens (including phenoxy) is 1. The molecule has 0 unspecified atom stereocenters. The quantitative estimate of drug-likeness (QED) is 0.512. The topological polar surface area (TPSA) is 113 Å². The van der Waals surface area contributed by atoms with Crippen LogP contribution in [0.2, 0.25) is 5.02 Å². The van der Waals surface area contributed by atoms with Crippen LogP contribution in [0.1, 0.15) is 10.5 Å². The summed E-state index contributed by atoms with van der Waals surface area (Å²) in [7, 11) is 0. The third-order valence-electron chi connectivity index (χ3n) is 4.53. The second-order valence-corrected chi connectivity index (χ2v) is 6.71. The van der Waals surface area contributed by atoms with Crippen molar-refractivity contribution in [3.63, 3.8) is 0 Å². The number of aromatic nitrogens is 2. The highest BCUT2D eigenvalue weighted by Crippen LogP contribution is 2.31. The van der Waals surface area contributed by atoms with E-state index in [0.29, 0.717) is 47.9 Å². The lowest BCUT2D eigenvalue weighted by molar-refractivity contribution is -0.384. The number of carbonyl (C=O) groups is 1. The minimum Gasteiger partial charge on any atom is -0.378 e. The molecule has 3 aromatic rings. The standard InChI is InChI=1S/C18H16ClN5O4/c19-11-1-4-16(23-5-7-28-8-6-23)15(9-11)20-18(25)17-13-10-12(24(26)27)2-3-14(13)21-22-17/h1-4,9-10H,5-8H2,(H,20,25)(H,21,22). The molecule has 0 spiro atoms. The first-order valence-corrected chi connectivity index (χ1v) is 8.97. The van der Waals surface area contributed by atoms with Crippen molar-refractivity contribution in [2.75, 3.05) is 36.5 Å². The number of nitrogens with one attached hydrogen (secondary N) is 2. The van der Waals surface area contributed by atoms with Gasteiger partial charge in [-0.15, -0.1) is 0 Å². The van der Waals surface area contributed by atoms with Crippen LogP contribution in [-0.4, -0.2) is 47.3 Å². The zero-order valence-corrected chi connectivity index (χ0v) is 15.4. The Morgan fingerprint density at radius 1 is 1.25 bits per heavy atom. The van der Waals surface area contributed by atoms with Gasteiger partial charge >= 0.3 is 0 Å². The van der Waals surface area contributed by atoms with Crippen LogP contribution in [0.15, 0.2) is 36.4 Å². The highest BCUT2D eigenvalue weighted by molar-refractivity contribution is 6.31. The number of benzene rings is 2. The molecule has 4 rings (SSSR count). The molecule has 1 aromatic heterocycles. The predicted octanol–water partition coefficient (Wildman–Crippen LogP) is 3.21. The molecule has 1 saturated heterocycles. The SMILES string of the molecule is O=C(Nc1cc(Cl)ccc1N1CCOCC1)c1n[nH]c2ccc([N+](=O)[O-])cc12. The number of halogens is 1. The summed E-state index contributed by atoms with van der Waals surface area (Å²) in [5.74, 6) is -0.483. The highest BCUT2D eigenvalue weighted by Gasteiger charge is 2.21. The van der Waals surface area contributed by atoms with Crippen molar-refractivity contribution in [1.82, 2.24) is 10.2 Å². The maximum absolute atomic E-state index is 12.9. The molecule has 10 heteroatoms. The van der Waals surface area contributed by atoms with E-state index in [1.54, 1.807) is 12.1 Å². The summed E-state index contributed by atoms with van der Waals surface area (Å²) in [6.45, 7) is 2.59. The van der Waals surface area contributed by atoms with Gasteiger partial charge in [0.15, 0.2) is 5.69 Å². The van der Waals surface area contributed by atoms with Crippen LogP contribution in [0.3, 0.4) is 0 Å². The molecule has 1 aliphatic rings. The van der Waals surface area contributed by atoms with E-state index in [2.05, 4.69) is 20.4 Å². The number of fused-ring (bicyclic) bond motifs is 1. The second-order valence-electron chi connectivity index (χ2n) is 6.27. The molecule has 28 heavy (non-hydrogen) atoms. The molecule has 2 aromatic carbocycles. The molecule has 0 aliphatic carbocycles. The van der Waals surface area contributed by atoms with Gasteiger partial charge in [0.05, 0.1) is 35.0 Å². The van der Waals surface area contributed by atoms with E-state index in [1.807, 2.05) is 6.07 Å². The number of amides is 1. The van der Waals surface area contributed by atoms with Crippen LogP contribution >= 0.6 is 11.6 Å². The number of hydrogen-bond acceptors (Lipinski definition) is 6. The van der Waals surface area contributed by atoms with Crippen LogP contribution in [0, 0.1) is 10.1 Å². The molecular formula is C18H16ClN5O4. The van der Waals surface area contributed by atoms with E-state index < -0.39 is 10.8 Å². The molecule has 0 atom stereocenters. The first-order chi connectivity index (χ1) is 13.5. The number of rotatable bonds is 4. The van der Waals surface area contributed by atoms with Gasteiger partial charge in [-0.1, -0.05) is 11.6 Å². The average molecular weight is 402 g/mol. The summed E-state index contributed by atoms with van der Waals surface area (Å²) in [6, 6.07) is 9.48. The Balaban J connectivity index is 1.67. The average Bonchev–Trinajstić information content (AvgIpc) is 3.12. The Bertz CT molecular complexity index is 1060. The van der Waals surface area contributed by atoms with Crippen LogP contribution < -0.4 is 10.2 Å². The third kappa shape index (κ3) is 3.49. The summed E-state index contributed by atoms with van der Waals surface area (Å²) in [4.78, 5) is 25.5. The van der Waals surface area contributed by atoms with Gasteiger partial charge in [-0.3, -0.25) is 20.0 Å². The first kappa shape index (κ1) is 18.2. The van der Waals surface area contributed by atoms with Crippen molar-refractivity contribution >= 4 is 45.5 Å². The molecule has 0 bridgehead atoms. The van der Waals surface area contributed by atoms with Crippen molar-refractivity contribution < 1.29 is 14.5 Å². The summed E-state index contributed by atoms with van der Waals surface area (Å²) in [5, 5.41) is 21.5. The Labute approximate surface area is 164 Å². The summed E-state index contributed by atoms with van der Waals surface area (Å²) >= 11 is 6.12. The van der Waals surface area contributed by atoms with Crippen molar-refractivity contribution in [2.45, 2.75) is 0 Å². The summed E-state index contributed by atoms with van der Waals surface area (Å²) < 4.78 is 5.38. The number of nitro benzene ring substituents is 1. The van der Waals surface area contributed by atoms with E-state index in [4.69, 9.17) is 16.3 Å². The van der Waals surface area contributed by atoms with E-state index in [1.165, 1.54) is 18.2 Å². The van der Waals surface area contributed by atoms with Gasteiger partial charge in [-0.25, -0.2) is 0 Å². The van der Waals surface area contributed by atoms with Crippen molar-refractivity contribution in [3.05, 3.63) is 57.2 Å². The maximum Gasteiger partial charge on any atom is 0.276 e. The van der Waals surface area contributed by atoms with Crippen LogP contribution in [0.25, 0.3) is 10.9 Å². The maximum atomic E-state index is 12.9. The monoisotopic (exact) mass is 401 g/mol. The minimum atomic E-state index is -0.512. The van der Waals surface area contributed by atoms with E-state index in [0.717, 1.165) is 5.69 Å². The lowest BCUT2D eigenvalue weighted by Gasteiger charge is -2.30. The number of anilines is 2. The molecule has 2 N–H and O–H groups in total. The number of H-pyrrole nitrogens is 1. The molecule has 1 aliphatic heterocycles. The molecular weight excluding hydrogens is 386 g/mol. The number of nitrogens with zero attached hydrogens (tertiary/aromatic N) is 3. The number of hydrogen-bond donors (Lipinski definition) is 2. The number of aromatic amines is 1. The van der Waals surface area contributed by atoms with Gasteiger partial charge < -0.3 is 15.0 Å². The molecule has 144 valence electrons. The molecule has 0 radical (unpaired) electrons. The van der Waals surface area contributed by atoms with Gasteiger partial charge in [0, 0.05) is 35.6 Å². The van der Waals surface area contributed by atoms with E-state index >= 15 is 0 Å². The zero-order valence-electron chi connectivity index (χ0n) is 14.6. The number of carbonyl (C=O) groups excluding carboxylic acids is 1. The Morgan fingerprint density at radius 3 is 2.79 bits per heavy atom. The smallest absolute Gasteiger partial charge is 0.276 e. The van der Waals surface area contributed by atoms with E-state index in [9.17, 15) is 14.9 Å². The van der Waals surface area contributed by atoms with Crippen LogP contribution in [-0.2, 0) is 4.74 Å². The molecule has 9 nitrogen and oxygen atoms in total. The lowest BCUT2D eigenvalue weighted by atomic mass is 10.1. The van der Waals surface area contributed by atoms with Crippen molar-refractivity contribution in [2.24, 2.45) is 0 Å². The fraction of sp³-hybridized carbons (Fsp3) is 0.222. The number of nitro groups is 1. The Kier molecular flexibility index (Phi) is 4.84. The normalized spacial score (nSPS) is 14.2. The number of morpholine rings is 1. The highest BCUT2D eigenvalue weighted by atomic mass is 35.5. The number of non-ortho nitro benzene ring substituents is 1. The van der Waals surface area contributed by atoms with Gasteiger partial charge in [-0.2, -0.15) is 5.10 Å². The van der Waals surface area contributed by atoms with E-state index in [-0.39, 0.29) is 11.4 Å². The Morgan fingerprint density at radius 2 is 2.04 bits per heavy atom. The molecule has 1 fully saturated rings. The van der Waals surface area contributed by atoms with Gasteiger partial charge in [0.25, 0.3) is 11.6 Å². The largest absolute Gasteiger partial charge is 0.378 e. The molecule has 2 heterocycles. The van der Waals surface area contributed by atoms with Crippen molar-refractivity contribution in [3.8, 4) is 0 Å². The molecule has 0 saturated carbocycles.